The number of halogens is 1. The molecule has 0 bridgehead atoms. The van der Waals surface area contributed by atoms with Crippen LogP contribution in [0, 0.1) is 5.82 Å². The summed E-state index contributed by atoms with van der Waals surface area (Å²) in [6.07, 6.45) is 7.22. The van der Waals surface area contributed by atoms with E-state index in [9.17, 15) is 9.18 Å². The van der Waals surface area contributed by atoms with E-state index in [-0.39, 0.29) is 18.0 Å². The molecule has 1 unspecified atom stereocenters. The van der Waals surface area contributed by atoms with E-state index in [0.717, 1.165) is 51.0 Å². The van der Waals surface area contributed by atoms with Crippen molar-refractivity contribution < 1.29 is 13.9 Å². The minimum absolute atomic E-state index is 0.137. The molecule has 3 rings (SSSR count). The molecule has 5 nitrogen and oxygen atoms in total. The average molecular weight is 357 g/mol. The number of amides is 1. The fourth-order valence-electron chi connectivity index (χ4n) is 3.18. The molecule has 0 spiro atoms. The number of ether oxygens (including phenoxy) is 1. The van der Waals surface area contributed by atoms with Gasteiger partial charge in [-0.15, -0.1) is 0 Å². The summed E-state index contributed by atoms with van der Waals surface area (Å²) in [5.41, 5.74) is 1.31. The van der Waals surface area contributed by atoms with Crippen LogP contribution in [0.25, 0.3) is 0 Å². The second kappa shape index (κ2) is 9.27. The third kappa shape index (κ3) is 5.51. The molecular weight excluding hydrogens is 333 g/mol. The quantitative estimate of drug-likeness (QED) is 0.713. The lowest BCUT2D eigenvalue weighted by Crippen LogP contribution is -2.44. The van der Waals surface area contributed by atoms with Crippen LogP contribution < -0.4 is 4.74 Å². The van der Waals surface area contributed by atoms with Crippen LogP contribution in [0.5, 0.6) is 6.01 Å². The normalized spacial score (nSPS) is 17.1. The van der Waals surface area contributed by atoms with Crippen LogP contribution in [0.4, 0.5) is 4.39 Å². The zero-order valence-corrected chi connectivity index (χ0v) is 14.8. The molecule has 26 heavy (non-hydrogen) atoms. The Kier molecular flexibility index (Phi) is 6.52. The van der Waals surface area contributed by atoms with Crippen LogP contribution in [0.2, 0.25) is 0 Å². The van der Waals surface area contributed by atoms with Crippen LogP contribution in [-0.2, 0) is 11.2 Å². The van der Waals surface area contributed by atoms with Gasteiger partial charge in [0.1, 0.15) is 6.10 Å². The van der Waals surface area contributed by atoms with Crippen molar-refractivity contribution in [2.45, 2.75) is 44.6 Å². The molecule has 1 aliphatic heterocycles. The SMILES string of the molecule is O=C(CCCCc1ccccc1)N1CCCC(Oc2ncc(F)cn2)C1. The summed E-state index contributed by atoms with van der Waals surface area (Å²) in [5, 5.41) is 0. The molecule has 0 radical (unpaired) electrons. The van der Waals surface area contributed by atoms with Crippen LogP contribution in [-0.4, -0.2) is 40.0 Å². The molecule has 1 aliphatic rings. The number of nitrogens with zero attached hydrogens (tertiary/aromatic N) is 3. The van der Waals surface area contributed by atoms with Crippen molar-refractivity contribution in [3.63, 3.8) is 0 Å². The van der Waals surface area contributed by atoms with Gasteiger partial charge in [-0.2, -0.15) is 0 Å². The molecule has 1 saturated heterocycles. The van der Waals surface area contributed by atoms with E-state index in [1.807, 2.05) is 23.1 Å². The Balaban J connectivity index is 1.40. The van der Waals surface area contributed by atoms with Gasteiger partial charge in [0.05, 0.1) is 18.9 Å². The Morgan fingerprint density at radius 1 is 1.19 bits per heavy atom. The molecule has 0 saturated carbocycles. The number of carbonyl (C=O) groups excluding carboxylic acids is 1. The summed E-state index contributed by atoms with van der Waals surface area (Å²) in [7, 11) is 0. The molecule has 1 atom stereocenters. The lowest BCUT2D eigenvalue weighted by atomic mass is 10.1. The van der Waals surface area contributed by atoms with Crippen molar-refractivity contribution in [3.05, 3.63) is 54.1 Å². The summed E-state index contributed by atoms with van der Waals surface area (Å²) in [6.45, 7) is 1.31. The van der Waals surface area contributed by atoms with Crippen molar-refractivity contribution in [1.29, 1.82) is 0 Å². The van der Waals surface area contributed by atoms with Crippen molar-refractivity contribution >= 4 is 5.91 Å². The van der Waals surface area contributed by atoms with Crippen LogP contribution in [0.3, 0.4) is 0 Å². The molecule has 6 heteroatoms. The Hall–Kier alpha value is -2.50. The van der Waals surface area contributed by atoms with E-state index in [0.29, 0.717) is 13.0 Å². The van der Waals surface area contributed by atoms with Gasteiger partial charge < -0.3 is 9.64 Å². The lowest BCUT2D eigenvalue weighted by molar-refractivity contribution is -0.134. The van der Waals surface area contributed by atoms with Crippen LogP contribution >= 0.6 is 0 Å². The molecule has 1 fully saturated rings. The highest BCUT2D eigenvalue weighted by atomic mass is 19.1. The first kappa shape index (κ1) is 18.3. The Morgan fingerprint density at radius 2 is 1.96 bits per heavy atom. The minimum atomic E-state index is -0.492. The van der Waals surface area contributed by atoms with Crippen molar-refractivity contribution in [2.75, 3.05) is 13.1 Å². The van der Waals surface area contributed by atoms with Gasteiger partial charge in [0.2, 0.25) is 5.91 Å². The summed E-state index contributed by atoms with van der Waals surface area (Å²) in [6, 6.07) is 10.5. The number of unbranched alkanes of at least 4 members (excludes halogenated alkanes) is 1. The number of aromatic nitrogens is 2. The molecule has 1 aromatic heterocycles. The highest BCUT2D eigenvalue weighted by Gasteiger charge is 2.25. The number of hydrogen-bond acceptors (Lipinski definition) is 4. The third-order valence-corrected chi connectivity index (χ3v) is 4.55. The molecule has 2 heterocycles. The highest BCUT2D eigenvalue weighted by molar-refractivity contribution is 5.76. The first-order valence-corrected chi connectivity index (χ1v) is 9.16. The van der Waals surface area contributed by atoms with E-state index in [4.69, 9.17) is 4.74 Å². The summed E-state index contributed by atoms with van der Waals surface area (Å²) in [5.74, 6) is -0.320. The molecule has 1 amide bonds. The maximum absolute atomic E-state index is 12.9. The maximum Gasteiger partial charge on any atom is 0.316 e. The Morgan fingerprint density at radius 3 is 2.73 bits per heavy atom. The van der Waals surface area contributed by atoms with Gasteiger partial charge >= 0.3 is 6.01 Å². The fourth-order valence-corrected chi connectivity index (χ4v) is 3.18. The number of likely N-dealkylation sites (tertiary alicyclic amines) is 1. The number of rotatable bonds is 7. The van der Waals surface area contributed by atoms with E-state index in [2.05, 4.69) is 22.1 Å². The summed E-state index contributed by atoms with van der Waals surface area (Å²) < 4.78 is 18.5. The number of benzene rings is 1. The van der Waals surface area contributed by atoms with Gasteiger partial charge in [0, 0.05) is 13.0 Å². The van der Waals surface area contributed by atoms with E-state index < -0.39 is 5.82 Å². The molecule has 0 N–H and O–H groups in total. The zero-order chi connectivity index (χ0) is 18.2. The van der Waals surface area contributed by atoms with Crippen molar-refractivity contribution in [3.8, 4) is 6.01 Å². The summed E-state index contributed by atoms with van der Waals surface area (Å²) in [4.78, 5) is 21.9. The topological polar surface area (TPSA) is 55.3 Å². The van der Waals surface area contributed by atoms with E-state index in [1.165, 1.54) is 5.56 Å². The summed E-state index contributed by atoms with van der Waals surface area (Å²) >= 11 is 0. The zero-order valence-electron chi connectivity index (χ0n) is 14.8. The van der Waals surface area contributed by atoms with Gasteiger partial charge in [0.15, 0.2) is 5.82 Å². The Bertz CT molecular complexity index is 694. The number of hydrogen-bond donors (Lipinski definition) is 0. The molecule has 2 aromatic rings. The predicted molar refractivity (Wildman–Crippen MR) is 96.2 cm³/mol. The largest absolute Gasteiger partial charge is 0.458 e. The first-order chi connectivity index (χ1) is 12.7. The molecule has 138 valence electrons. The minimum Gasteiger partial charge on any atom is -0.458 e. The monoisotopic (exact) mass is 357 g/mol. The van der Waals surface area contributed by atoms with Gasteiger partial charge in [-0.1, -0.05) is 30.3 Å². The van der Waals surface area contributed by atoms with Gasteiger partial charge in [-0.25, -0.2) is 14.4 Å². The lowest BCUT2D eigenvalue weighted by Gasteiger charge is -2.32. The van der Waals surface area contributed by atoms with Crippen LogP contribution in [0.1, 0.15) is 37.7 Å². The maximum atomic E-state index is 12.9. The highest BCUT2D eigenvalue weighted by Crippen LogP contribution is 2.17. The number of aryl methyl sites for hydroxylation is 1. The van der Waals surface area contributed by atoms with Gasteiger partial charge in [0.25, 0.3) is 0 Å². The van der Waals surface area contributed by atoms with E-state index >= 15 is 0 Å². The Labute approximate surface area is 153 Å². The second-order valence-electron chi connectivity index (χ2n) is 6.60. The van der Waals surface area contributed by atoms with Crippen LogP contribution in [0.15, 0.2) is 42.7 Å². The standard InChI is InChI=1S/C20H24FN3O2/c21-17-13-22-20(23-14-17)26-18-10-6-12-24(15-18)19(25)11-5-4-9-16-7-2-1-3-8-16/h1-3,7-8,13-14,18H,4-6,9-12,15H2. The third-order valence-electron chi connectivity index (χ3n) is 4.55. The average Bonchev–Trinajstić information content (AvgIpc) is 2.68. The van der Waals surface area contributed by atoms with Crippen molar-refractivity contribution in [2.24, 2.45) is 0 Å². The fraction of sp³-hybridized carbons (Fsp3) is 0.450. The van der Waals surface area contributed by atoms with E-state index in [1.54, 1.807) is 0 Å². The van der Waals surface area contributed by atoms with Crippen molar-refractivity contribution in [1.82, 2.24) is 14.9 Å². The first-order valence-electron chi connectivity index (χ1n) is 9.16. The molecule has 1 aromatic carbocycles. The van der Waals surface area contributed by atoms with Gasteiger partial charge in [-0.05, 0) is 37.7 Å². The molecular formula is C20H24FN3O2. The predicted octanol–water partition coefficient (Wildman–Crippen LogP) is 3.40. The smallest absolute Gasteiger partial charge is 0.316 e. The van der Waals surface area contributed by atoms with Gasteiger partial charge in [-0.3, -0.25) is 4.79 Å². The molecule has 0 aliphatic carbocycles. The number of carbonyl (C=O) groups is 1. The second-order valence-corrected chi connectivity index (χ2v) is 6.60. The number of piperidine rings is 1.